The standard InChI is InChI=1S/C16H23NO/c17-14-9-11-18-16(12-14)10-5-4-8-15(16)13-6-2-1-3-7-13/h1-3,6-7,14-15H,4-5,8-12,17H2. The van der Waals surface area contributed by atoms with E-state index in [-0.39, 0.29) is 5.60 Å². The van der Waals surface area contributed by atoms with Gasteiger partial charge in [0.25, 0.3) is 0 Å². The van der Waals surface area contributed by atoms with Crippen LogP contribution in [-0.2, 0) is 4.74 Å². The fraction of sp³-hybridized carbons (Fsp3) is 0.625. The highest BCUT2D eigenvalue weighted by molar-refractivity contribution is 5.24. The summed E-state index contributed by atoms with van der Waals surface area (Å²) in [6, 6.07) is 11.2. The third kappa shape index (κ3) is 2.19. The van der Waals surface area contributed by atoms with Crippen molar-refractivity contribution in [3.8, 4) is 0 Å². The van der Waals surface area contributed by atoms with E-state index in [1.165, 1.54) is 31.2 Å². The molecule has 0 aromatic heterocycles. The highest BCUT2D eigenvalue weighted by Crippen LogP contribution is 2.47. The van der Waals surface area contributed by atoms with Gasteiger partial charge < -0.3 is 10.5 Å². The molecule has 3 unspecified atom stereocenters. The summed E-state index contributed by atoms with van der Waals surface area (Å²) < 4.78 is 6.26. The lowest BCUT2D eigenvalue weighted by Crippen LogP contribution is -2.50. The molecule has 1 aliphatic carbocycles. The van der Waals surface area contributed by atoms with Crippen molar-refractivity contribution in [2.24, 2.45) is 5.73 Å². The lowest BCUT2D eigenvalue weighted by atomic mass is 9.68. The average molecular weight is 245 g/mol. The molecule has 0 radical (unpaired) electrons. The Balaban J connectivity index is 1.90. The van der Waals surface area contributed by atoms with E-state index in [0.717, 1.165) is 19.4 Å². The van der Waals surface area contributed by atoms with Gasteiger partial charge >= 0.3 is 0 Å². The molecule has 3 rings (SSSR count). The second kappa shape index (κ2) is 5.02. The summed E-state index contributed by atoms with van der Waals surface area (Å²) in [5.41, 5.74) is 7.66. The van der Waals surface area contributed by atoms with Crippen LogP contribution in [0, 0.1) is 0 Å². The highest BCUT2D eigenvalue weighted by atomic mass is 16.5. The zero-order valence-corrected chi connectivity index (χ0v) is 11.0. The summed E-state index contributed by atoms with van der Waals surface area (Å²) in [5.74, 6) is 0.541. The van der Waals surface area contributed by atoms with Gasteiger partial charge in [0, 0.05) is 18.6 Å². The van der Waals surface area contributed by atoms with Crippen molar-refractivity contribution < 1.29 is 4.74 Å². The molecule has 2 heteroatoms. The Bertz CT molecular complexity index is 387. The van der Waals surface area contributed by atoms with Crippen LogP contribution in [0.1, 0.15) is 50.0 Å². The first-order chi connectivity index (χ1) is 8.80. The van der Waals surface area contributed by atoms with E-state index in [1.54, 1.807) is 0 Å². The first-order valence-electron chi connectivity index (χ1n) is 7.25. The minimum Gasteiger partial charge on any atom is -0.374 e. The molecule has 98 valence electrons. The van der Waals surface area contributed by atoms with Crippen molar-refractivity contribution in [1.29, 1.82) is 0 Å². The predicted octanol–water partition coefficient (Wildman–Crippen LogP) is 3.22. The summed E-state index contributed by atoms with van der Waals surface area (Å²) in [4.78, 5) is 0. The van der Waals surface area contributed by atoms with Crippen molar-refractivity contribution in [1.82, 2.24) is 0 Å². The third-order valence-electron chi connectivity index (χ3n) is 4.67. The predicted molar refractivity (Wildman–Crippen MR) is 73.5 cm³/mol. The molecule has 3 atom stereocenters. The monoisotopic (exact) mass is 245 g/mol. The molecule has 18 heavy (non-hydrogen) atoms. The van der Waals surface area contributed by atoms with Crippen molar-refractivity contribution in [3.05, 3.63) is 35.9 Å². The Morgan fingerprint density at radius 3 is 2.72 bits per heavy atom. The second-order valence-electron chi connectivity index (χ2n) is 5.88. The minimum absolute atomic E-state index is 0.0251. The molecule has 0 amide bonds. The second-order valence-corrected chi connectivity index (χ2v) is 5.88. The van der Waals surface area contributed by atoms with Gasteiger partial charge in [-0.2, -0.15) is 0 Å². The molecule has 1 saturated carbocycles. The fourth-order valence-corrected chi connectivity index (χ4v) is 3.80. The van der Waals surface area contributed by atoms with Crippen LogP contribution in [-0.4, -0.2) is 18.2 Å². The number of hydrogen-bond donors (Lipinski definition) is 1. The zero-order valence-electron chi connectivity index (χ0n) is 11.0. The number of hydrogen-bond acceptors (Lipinski definition) is 2. The van der Waals surface area contributed by atoms with E-state index in [0.29, 0.717) is 12.0 Å². The number of nitrogens with two attached hydrogens (primary N) is 1. The molecule has 1 aromatic carbocycles. The molecule has 2 N–H and O–H groups in total. The van der Waals surface area contributed by atoms with Gasteiger partial charge in [-0.05, 0) is 31.2 Å². The van der Waals surface area contributed by atoms with E-state index in [1.807, 2.05) is 0 Å². The Morgan fingerprint density at radius 2 is 1.94 bits per heavy atom. The fourth-order valence-electron chi connectivity index (χ4n) is 3.80. The van der Waals surface area contributed by atoms with Crippen LogP contribution in [0.5, 0.6) is 0 Å². The van der Waals surface area contributed by atoms with E-state index < -0.39 is 0 Å². The first-order valence-corrected chi connectivity index (χ1v) is 7.25. The molecular formula is C16H23NO. The van der Waals surface area contributed by atoms with Crippen LogP contribution in [0.15, 0.2) is 30.3 Å². The topological polar surface area (TPSA) is 35.2 Å². The van der Waals surface area contributed by atoms with Crippen LogP contribution in [0.25, 0.3) is 0 Å². The zero-order chi connectivity index (χ0) is 12.4. The van der Waals surface area contributed by atoms with Gasteiger partial charge in [-0.3, -0.25) is 0 Å². The number of benzene rings is 1. The van der Waals surface area contributed by atoms with Crippen LogP contribution in [0.4, 0.5) is 0 Å². The van der Waals surface area contributed by atoms with Gasteiger partial charge in [0.05, 0.1) is 5.60 Å². The largest absolute Gasteiger partial charge is 0.374 e. The molecule has 2 fully saturated rings. The molecule has 2 aliphatic rings. The smallest absolute Gasteiger partial charge is 0.0765 e. The van der Waals surface area contributed by atoms with E-state index in [9.17, 15) is 0 Å². The summed E-state index contributed by atoms with van der Waals surface area (Å²) in [6.07, 6.45) is 7.09. The molecule has 0 bridgehead atoms. The normalized spacial score (nSPS) is 36.7. The van der Waals surface area contributed by atoms with Crippen LogP contribution >= 0.6 is 0 Å². The first kappa shape index (κ1) is 12.2. The Kier molecular flexibility index (Phi) is 3.40. The van der Waals surface area contributed by atoms with Crippen LogP contribution in [0.3, 0.4) is 0 Å². The average Bonchev–Trinajstić information content (AvgIpc) is 2.40. The van der Waals surface area contributed by atoms with Gasteiger partial charge in [-0.15, -0.1) is 0 Å². The SMILES string of the molecule is NC1CCOC2(CCCCC2c2ccccc2)C1. The van der Waals surface area contributed by atoms with E-state index in [2.05, 4.69) is 30.3 Å². The quantitative estimate of drug-likeness (QED) is 0.824. The Labute approximate surface area is 110 Å². The van der Waals surface area contributed by atoms with Crippen LogP contribution in [0.2, 0.25) is 0 Å². The maximum Gasteiger partial charge on any atom is 0.0765 e. The molecule has 1 heterocycles. The van der Waals surface area contributed by atoms with Crippen molar-refractivity contribution >= 4 is 0 Å². The molecule has 1 aromatic rings. The van der Waals surface area contributed by atoms with Crippen molar-refractivity contribution in [3.63, 3.8) is 0 Å². The van der Waals surface area contributed by atoms with Gasteiger partial charge in [-0.1, -0.05) is 43.2 Å². The minimum atomic E-state index is 0.0251. The van der Waals surface area contributed by atoms with Gasteiger partial charge in [0.2, 0.25) is 0 Å². The molecular weight excluding hydrogens is 222 g/mol. The lowest BCUT2D eigenvalue weighted by molar-refractivity contribution is -0.119. The Hall–Kier alpha value is -0.860. The summed E-state index contributed by atoms with van der Waals surface area (Å²) in [6.45, 7) is 0.838. The van der Waals surface area contributed by atoms with Crippen molar-refractivity contribution in [2.75, 3.05) is 6.61 Å². The van der Waals surface area contributed by atoms with Gasteiger partial charge in [0.15, 0.2) is 0 Å². The maximum absolute atomic E-state index is 6.26. The van der Waals surface area contributed by atoms with Crippen LogP contribution < -0.4 is 5.73 Å². The van der Waals surface area contributed by atoms with E-state index in [4.69, 9.17) is 10.5 Å². The van der Waals surface area contributed by atoms with E-state index >= 15 is 0 Å². The molecule has 2 nitrogen and oxygen atoms in total. The molecule has 1 aliphatic heterocycles. The van der Waals surface area contributed by atoms with Gasteiger partial charge in [-0.25, -0.2) is 0 Å². The summed E-state index contributed by atoms with van der Waals surface area (Å²) in [5, 5.41) is 0. The Morgan fingerprint density at radius 1 is 1.11 bits per heavy atom. The number of ether oxygens (including phenoxy) is 1. The number of rotatable bonds is 1. The lowest BCUT2D eigenvalue weighted by Gasteiger charge is -2.48. The van der Waals surface area contributed by atoms with Gasteiger partial charge in [0.1, 0.15) is 0 Å². The molecule has 1 spiro atoms. The molecule has 1 saturated heterocycles. The highest BCUT2D eigenvalue weighted by Gasteiger charge is 2.45. The maximum atomic E-state index is 6.26. The summed E-state index contributed by atoms with van der Waals surface area (Å²) in [7, 11) is 0. The summed E-state index contributed by atoms with van der Waals surface area (Å²) >= 11 is 0. The third-order valence-corrected chi connectivity index (χ3v) is 4.67. The van der Waals surface area contributed by atoms with Crippen molar-refractivity contribution in [2.45, 2.75) is 56.1 Å².